The van der Waals surface area contributed by atoms with Crippen molar-refractivity contribution < 1.29 is 18.0 Å². The summed E-state index contributed by atoms with van der Waals surface area (Å²) in [5, 5.41) is 20.9. The molecule has 1 aromatic heterocycles. The summed E-state index contributed by atoms with van der Waals surface area (Å²) in [6.45, 7) is 2.09. The highest BCUT2D eigenvalue weighted by Gasteiger charge is 2.36. The van der Waals surface area contributed by atoms with Crippen LogP contribution in [0.3, 0.4) is 0 Å². The van der Waals surface area contributed by atoms with E-state index >= 15 is 0 Å². The van der Waals surface area contributed by atoms with E-state index in [4.69, 9.17) is 0 Å². The molecular formula is C23H27F3N6OS. The molecule has 11 heteroatoms. The number of hydrogen-bond acceptors (Lipinski definition) is 6. The standard InChI is InChI=1S/C23H27F3N6OS/c24-23(25,26)17-8-2-3-9-18(17)32-19(14-31-12-6-1-7-13-31)29-30-21(32)34-15-20(33)28-22(16-27)10-4-5-11-22/h2-3,8-9H,1,4-7,10-15H2,(H,28,33). The van der Waals surface area contributed by atoms with Gasteiger partial charge in [0.1, 0.15) is 5.54 Å². The minimum Gasteiger partial charge on any atom is -0.337 e. The minimum atomic E-state index is -4.55. The molecule has 1 saturated heterocycles. The molecule has 0 spiro atoms. The van der Waals surface area contributed by atoms with Crippen molar-refractivity contribution in [3.05, 3.63) is 35.7 Å². The van der Waals surface area contributed by atoms with Crippen LogP contribution in [0.1, 0.15) is 56.3 Å². The normalized spacial score (nSPS) is 18.5. The first kappa shape index (κ1) is 24.5. The lowest BCUT2D eigenvalue weighted by Crippen LogP contribution is -2.45. The number of nitrogens with zero attached hydrogens (tertiary/aromatic N) is 5. The molecule has 0 unspecified atom stereocenters. The molecular weight excluding hydrogens is 465 g/mol. The van der Waals surface area contributed by atoms with Crippen molar-refractivity contribution in [3.8, 4) is 11.8 Å². The quantitative estimate of drug-likeness (QED) is 0.580. The summed E-state index contributed by atoms with van der Waals surface area (Å²) in [6, 6.07) is 7.55. The van der Waals surface area contributed by atoms with Crippen molar-refractivity contribution in [1.29, 1.82) is 5.26 Å². The predicted octanol–water partition coefficient (Wildman–Crippen LogP) is 4.32. The number of piperidine rings is 1. The zero-order valence-electron chi connectivity index (χ0n) is 18.8. The number of nitrogens with one attached hydrogen (secondary N) is 1. The molecule has 0 bridgehead atoms. The van der Waals surface area contributed by atoms with Gasteiger partial charge >= 0.3 is 6.18 Å². The molecule has 2 fully saturated rings. The Morgan fingerprint density at radius 1 is 1.12 bits per heavy atom. The first-order valence-corrected chi connectivity index (χ1v) is 12.5. The molecule has 1 aliphatic carbocycles. The number of alkyl halides is 3. The van der Waals surface area contributed by atoms with Crippen molar-refractivity contribution >= 4 is 17.7 Å². The second-order valence-corrected chi connectivity index (χ2v) is 9.77. The Labute approximate surface area is 200 Å². The summed E-state index contributed by atoms with van der Waals surface area (Å²) in [5.74, 6) is -0.00472. The first-order valence-electron chi connectivity index (χ1n) is 11.5. The molecule has 1 aliphatic heterocycles. The van der Waals surface area contributed by atoms with Gasteiger partial charge in [-0.05, 0) is 63.7 Å². The lowest BCUT2D eigenvalue weighted by molar-refractivity contribution is -0.137. The van der Waals surface area contributed by atoms with Gasteiger partial charge in [-0.2, -0.15) is 18.4 Å². The Kier molecular flexibility index (Phi) is 7.48. The first-order chi connectivity index (χ1) is 16.3. The van der Waals surface area contributed by atoms with Crippen molar-refractivity contribution in [3.63, 3.8) is 0 Å². The van der Waals surface area contributed by atoms with E-state index in [2.05, 4.69) is 26.5 Å². The van der Waals surface area contributed by atoms with Crippen LogP contribution in [-0.4, -0.2) is 50.0 Å². The minimum absolute atomic E-state index is 0.0563. The van der Waals surface area contributed by atoms with E-state index in [0.717, 1.165) is 63.0 Å². The third-order valence-electron chi connectivity index (χ3n) is 6.35. The third kappa shape index (κ3) is 5.55. The summed E-state index contributed by atoms with van der Waals surface area (Å²) in [7, 11) is 0. The van der Waals surface area contributed by atoms with Gasteiger partial charge in [0.2, 0.25) is 5.91 Å². The molecule has 2 aliphatic rings. The van der Waals surface area contributed by atoms with Crippen LogP contribution in [0.15, 0.2) is 29.4 Å². The largest absolute Gasteiger partial charge is 0.418 e. The molecule has 7 nitrogen and oxygen atoms in total. The number of hydrogen-bond donors (Lipinski definition) is 1. The number of likely N-dealkylation sites (tertiary alicyclic amines) is 1. The van der Waals surface area contributed by atoms with E-state index < -0.39 is 17.3 Å². The van der Waals surface area contributed by atoms with E-state index in [9.17, 15) is 23.2 Å². The molecule has 1 aromatic carbocycles. The monoisotopic (exact) mass is 492 g/mol. The van der Waals surface area contributed by atoms with Gasteiger partial charge in [-0.25, -0.2) is 0 Å². The van der Waals surface area contributed by atoms with Crippen molar-refractivity contribution in [1.82, 2.24) is 25.0 Å². The topological polar surface area (TPSA) is 86.8 Å². The maximum Gasteiger partial charge on any atom is 0.418 e. The number of carbonyl (C=O) groups is 1. The molecule has 1 saturated carbocycles. The predicted molar refractivity (Wildman–Crippen MR) is 121 cm³/mol. The summed E-state index contributed by atoms with van der Waals surface area (Å²) >= 11 is 1.03. The number of halogens is 3. The number of benzene rings is 1. The SMILES string of the molecule is N#CC1(NC(=O)CSc2nnc(CN3CCCCC3)n2-c2ccccc2C(F)(F)F)CCCC1. The molecule has 0 atom stereocenters. The summed E-state index contributed by atoms with van der Waals surface area (Å²) in [4.78, 5) is 14.8. The summed E-state index contributed by atoms with van der Waals surface area (Å²) in [5.41, 5.74) is -1.69. The fourth-order valence-corrected chi connectivity index (χ4v) is 5.40. The zero-order valence-corrected chi connectivity index (χ0v) is 19.6. The van der Waals surface area contributed by atoms with Crippen LogP contribution in [0, 0.1) is 11.3 Å². The summed E-state index contributed by atoms with van der Waals surface area (Å²) in [6.07, 6.45) is 1.63. The van der Waals surface area contributed by atoms with Crippen LogP contribution in [0.5, 0.6) is 0 Å². The Hall–Kier alpha value is -2.58. The van der Waals surface area contributed by atoms with Gasteiger partial charge in [0, 0.05) is 0 Å². The summed E-state index contributed by atoms with van der Waals surface area (Å²) < 4.78 is 42.9. The Morgan fingerprint density at radius 3 is 2.50 bits per heavy atom. The van der Waals surface area contributed by atoms with Gasteiger partial charge in [-0.15, -0.1) is 10.2 Å². The van der Waals surface area contributed by atoms with E-state index in [1.165, 1.54) is 16.7 Å². The van der Waals surface area contributed by atoms with Crippen LogP contribution < -0.4 is 5.32 Å². The number of carbonyl (C=O) groups excluding carboxylic acids is 1. The van der Waals surface area contributed by atoms with Gasteiger partial charge in [0.05, 0.1) is 29.6 Å². The number of para-hydroxylation sites is 1. The van der Waals surface area contributed by atoms with Crippen LogP contribution in [0.2, 0.25) is 0 Å². The number of rotatable bonds is 7. The average molecular weight is 493 g/mol. The van der Waals surface area contributed by atoms with Gasteiger partial charge in [-0.1, -0.05) is 30.3 Å². The van der Waals surface area contributed by atoms with Gasteiger partial charge in [0.25, 0.3) is 0 Å². The van der Waals surface area contributed by atoms with Crippen molar-refractivity contribution in [2.45, 2.75) is 68.4 Å². The van der Waals surface area contributed by atoms with E-state index in [0.29, 0.717) is 25.2 Å². The van der Waals surface area contributed by atoms with Crippen LogP contribution in [-0.2, 0) is 17.5 Å². The zero-order chi connectivity index (χ0) is 24.2. The molecule has 1 amide bonds. The molecule has 0 radical (unpaired) electrons. The van der Waals surface area contributed by atoms with Gasteiger partial charge < -0.3 is 5.32 Å². The number of aromatic nitrogens is 3. The van der Waals surface area contributed by atoms with Crippen LogP contribution in [0.4, 0.5) is 13.2 Å². The second-order valence-electron chi connectivity index (χ2n) is 8.82. The van der Waals surface area contributed by atoms with Crippen molar-refractivity contribution in [2.24, 2.45) is 0 Å². The lowest BCUT2D eigenvalue weighted by atomic mass is 10.0. The highest BCUT2D eigenvalue weighted by Crippen LogP contribution is 2.36. The average Bonchev–Trinajstić information content (AvgIpc) is 3.45. The molecule has 1 N–H and O–H groups in total. The maximum atomic E-state index is 13.8. The number of amides is 1. The Bertz CT molecular complexity index is 1050. The van der Waals surface area contributed by atoms with Crippen LogP contribution in [0.25, 0.3) is 5.69 Å². The fourth-order valence-electron chi connectivity index (χ4n) is 4.64. The smallest absolute Gasteiger partial charge is 0.337 e. The highest BCUT2D eigenvalue weighted by molar-refractivity contribution is 7.99. The second kappa shape index (κ2) is 10.4. The molecule has 2 aromatic rings. The number of thioether (sulfide) groups is 1. The van der Waals surface area contributed by atoms with E-state index in [1.54, 1.807) is 6.07 Å². The Balaban J connectivity index is 1.60. The Morgan fingerprint density at radius 2 is 1.82 bits per heavy atom. The molecule has 182 valence electrons. The third-order valence-corrected chi connectivity index (χ3v) is 7.28. The molecule has 2 heterocycles. The fraction of sp³-hybridized carbons (Fsp3) is 0.565. The van der Waals surface area contributed by atoms with E-state index in [-0.39, 0.29) is 22.5 Å². The van der Waals surface area contributed by atoms with Crippen molar-refractivity contribution in [2.75, 3.05) is 18.8 Å². The lowest BCUT2D eigenvalue weighted by Gasteiger charge is -2.26. The van der Waals surface area contributed by atoms with Gasteiger partial charge in [-0.3, -0.25) is 14.3 Å². The molecule has 4 rings (SSSR count). The maximum absolute atomic E-state index is 13.8. The molecule has 34 heavy (non-hydrogen) atoms. The van der Waals surface area contributed by atoms with E-state index in [1.807, 2.05) is 0 Å². The van der Waals surface area contributed by atoms with Crippen LogP contribution >= 0.6 is 11.8 Å². The van der Waals surface area contributed by atoms with Gasteiger partial charge in [0.15, 0.2) is 11.0 Å². The highest BCUT2D eigenvalue weighted by atomic mass is 32.2. The number of nitriles is 1.